The summed E-state index contributed by atoms with van der Waals surface area (Å²) in [6.45, 7) is 1.12. The maximum Gasteiger partial charge on any atom is 0.269 e. The number of alkyl halides is 3. The molecule has 3 rings (SSSR count). The fourth-order valence-electron chi connectivity index (χ4n) is 2.83. The lowest BCUT2D eigenvalue weighted by Crippen LogP contribution is -2.52. The third-order valence-corrected chi connectivity index (χ3v) is 6.60. The van der Waals surface area contributed by atoms with Crippen molar-refractivity contribution in [1.29, 1.82) is 0 Å². The number of benzene rings is 2. The van der Waals surface area contributed by atoms with Crippen molar-refractivity contribution in [1.82, 2.24) is 9.62 Å². The van der Waals surface area contributed by atoms with Crippen molar-refractivity contribution in [3.63, 3.8) is 0 Å². The molecule has 0 radical (unpaired) electrons. The molecule has 1 heterocycles. The summed E-state index contributed by atoms with van der Waals surface area (Å²) < 4.78 is 23.7. The van der Waals surface area contributed by atoms with Gasteiger partial charge in [-0.2, -0.15) is 0 Å². The molecule has 0 bridgehead atoms. The predicted octanol–water partition coefficient (Wildman–Crippen LogP) is 3.06. The minimum Gasteiger partial charge on any atom is -0.362 e. The highest BCUT2D eigenvalue weighted by atomic mass is 35.6. The Morgan fingerprint density at radius 3 is 2.45 bits per heavy atom. The molecule has 2 amide bonds. The second-order valence-electron chi connectivity index (χ2n) is 6.37. The van der Waals surface area contributed by atoms with Crippen molar-refractivity contribution in [2.45, 2.75) is 21.8 Å². The molecule has 0 aliphatic carbocycles. The van der Waals surface area contributed by atoms with Crippen LogP contribution in [0.2, 0.25) is 0 Å². The number of anilines is 1. The van der Waals surface area contributed by atoms with Crippen LogP contribution >= 0.6 is 34.8 Å². The van der Waals surface area contributed by atoms with Crippen molar-refractivity contribution in [2.24, 2.45) is 0 Å². The summed E-state index contributed by atoms with van der Waals surface area (Å²) in [6.07, 6.45) is -1.18. The highest BCUT2D eigenvalue weighted by Gasteiger charge is 2.42. The topological polar surface area (TPSA) is 95.6 Å². The molecule has 29 heavy (non-hydrogen) atoms. The largest absolute Gasteiger partial charge is 0.362 e. The molecule has 0 unspecified atom stereocenters. The second-order valence-corrected chi connectivity index (χ2v) is 10.6. The first-order valence-electron chi connectivity index (χ1n) is 8.35. The van der Waals surface area contributed by atoms with Crippen LogP contribution < -0.4 is 10.6 Å². The van der Waals surface area contributed by atoms with Gasteiger partial charge >= 0.3 is 0 Å². The molecule has 0 spiro atoms. The van der Waals surface area contributed by atoms with Crippen LogP contribution in [0.15, 0.2) is 53.4 Å². The summed E-state index contributed by atoms with van der Waals surface area (Å²) in [5, 5.41) is 5.32. The first kappa shape index (κ1) is 21.7. The zero-order valence-corrected chi connectivity index (χ0v) is 18.1. The number of hydrogen-bond acceptors (Lipinski definition) is 5. The normalized spacial score (nSPS) is 16.3. The molecule has 0 fully saturated rings. The number of rotatable bonds is 5. The lowest BCUT2D eigenvalue weighted by atomic mass is 10.2. The average molecular weight is 477 g/mol. The van der Waals surface area contributed by atoms with Crippen LogP contribution in [0.5, 0.6) is 0 Å². The quantitative estimate of drug-likeness (QED) is 0.511. The molecule has 2 N–H and O–H groups in total. The van der Waals surface area contributed by atoms with Gasteiger partial charge < -0.3 is 10.6 Å². The minimum atomic E-state index is -4.12. The number of carbonyl (C=O) groups is 2. The molecule has 11 heteroatoms. The van der Waals surface area contributed by atoms with E-state index in [0.29, 0.717) is 9.99 Å². The Hall–Kier alpha value is -2.00. The number of aryl methyl sites for hydroxylation is 1. The van der Waals surface area contributed by atoms with Gasteiger partial charge in [0.2, 0.25) is 9.70 Å². The molecule has 7 nitrogen and oxygen atoms in total. The number of sulfonamides is 1. The Labute approximate surface area is 183 Å². The van der Waals surface area contributed by atoms with E-state index < -0.39 is 38.3 Å². The van der Waals surface area contributed by atoms with Gasteiger partial charge in [0.05, 0.1) is 5.56 Å². The van der Waals surface area contributed by atoms with Gasteiger partial charge in [0.1, 0.15) is 17.6 Å². The lowest BCUT2D eigenvalue weighted by molar-refractivity contribution is -0.121. The summed E-state index contributed by atoms with van der Waals surface area (Å²) in [5.74, 6) is -1.60. The zero-order valence-electron chi connectivity index (χ0n) is 15.0. The highest BCUT2D eigenvalue weighted by Crippen LogP contribution is 2.32. The van der Waals surface area contributed by atoms with Gasteiger partial charge in [0.25, 0.3) is 15.9 Å². The molecule has 2 aromatic carbocycles. The maximum atomic E-state index is 12.6. The third kappa shape index (κ3) is 4.61. The second kappa shape index (κ2) is 8.02. The molecule has 154 valence electrons. The fraction of sp³-hybridized carbons (Fsp3) is 0.222. The summed E-state index contributed by atoms with van der Waals surface area (Å²) >= 11 is 17.9. The Kier molecular flexibility index (Phi) is 6.01. The monoisotopic (exact) mass is 475 g/mol. The van der Waals surface area contributed by atoms with Gasteiger partial charge in [-0.1, -0.05) is 59.1 Å². The Morgan fingerprint density at radius 2 is 1.83 bits per heavy atom. The van der Waals surface area contributed by atoms with E-state index in [1.165, 1.54) is 18.2 Å². The summed E-state index contributed by atoms with van der Waals surface area (Å²) in [7, 11) is -4.12. The van der Waals surface area contributed by atoms with Crippen LogP contribution in [-0.4, -0.2) is 41.0 Å². The van der Waals surface area contributed by atoms with Gasteiger partial charge in [0.15, 0.2) is 0 Å². The first-order valence-corrected chi connectivity index (χ1v) is 10.9. The van der Waals surface area contributed by atoms with Crippen LogP contribution in [0.4, 0.5) is 5.69 Å². The van der Waals surface area contributed by atoms with Crippen molar-refractivity contribution in [3.05, 3.63) is 59.7 Å². The van der Waals surface area contributed by atoms with E-state index in [9.17, 15) is 18.0 Å². The van der Waals surface area contributed by atoms with Crippen LogP contribution in [0.1, 0.15) is 15.9 Å². The van der Waals surface area contributed by atoms with E-state index in [4.69, 9.17) is 34.8 Å². The van der Waals surface area contributed by atoms with Crippen molar-refractivity contribution in [2.75, 3.05) is 11.9 Å². The molecule has 0 saturated heterocycles. The number of nitrogens with one attached hydrogen (secondary N) is 2. The van der Waals surface area contributed by atoms with E-state index in [2.05, 4.69) is 10.6 Å². The molecule has 2 aromatic rings. The minimum absolute atomic E-state index is 0.0103. The molecular weight excluding hydrogens is 461 g/mol. The Balaban J connectivity index is 1.77. The van der Waals surface area contributed by atoms with Crippen molar-refractivity contribution >= 4 is 62.3 Å². The maximum absolute atomic E-state index is 12.6. The Bertz CT molecular complexity index is 1070. The molecule has 0 aromatic heterocycles. The lowest BCUT2D eigenvalue weighted by Gasteiger charge is -2.28. The van der Waals surface area contributed by atoms with E-state index in [1.807, 2.05) is 13.0 Å². The van der Waals surface area contributed by atoms with E-state index in [0.717, 1.165) is 5.56 Å². The van der Waals surface area contributed by atoms with E-state index >= 15 is 0 Å². The zero-order chi connectivity index (χ0) is 21.4. The molecule has 0 saturated carbocycles. The summed E-state index contributed by atoms with van der Waals surface area (Å²) in [6, 6.07) is 12.9. The first-order chi connectivity index (χ1) is 13.5. The number of halogens is 3. The summed E-state index contributed by atoms with van der Waals surface area (Å²) in [5.41, 5.74) is 1.53. The van der Waals surface area contributed by atoms with Crippen LogP contribution in [-0.2, 0) is 14.8 Å². The predicted molar refractivity (Wildman–Crippen MR) is 112 cm³/mol. The van der Waals surface area contributed by atoms with Crippen molar-refractivity contribution < 1.29 is 18.0 Å². The molecule has 1 aliphatic rings. The number of fused-ring (bicyclic) bond motifs is 1. The van der Waals surface area contributed by atoms with Gasteiger partial charge in [0, 0.05) is 5.69 Å². The van der Waals surface area contributed by atoms with Gasteiger partial charge in [-0.25, -0.2) is 12.7 Å². The van der Waals surface area contributed by atoms with Crippen molar-refractivity contribution in [3.8, 4) is 0 Å². The van der Waals surface area contributed by atoms with Gasteiger partial charge in [-0.15, -0.1) is 0 Å². The number of carbonyl (C=O) groups excluding carboxylic acids is 2. The molecular formula is C18H16Cl3N3O4S. The summed E-state index contributed by atoms with van der Waals surface area (Å²) in [4.78, 5) is 24.8. The molecule has 1 atom stereocenters. The Morgan fingerprint density at radius 1 is 1.14 bits per heavy atom. The van der Waals surface area contributed by atoms with E-state index in [-0.39, 0.29) is 10.5 Å². The van der Waals surface area contributed by atoms with Gasteiger partial charge in [-0.3, -0.25) is 9.59 Å². The highest BCUT2D eigenvalue weighted by molar-refractivity contribution is 7.90. The third-order valence-electron chi connectivity index (χ3n) is 4.16. The average Bonchev–Trinajstić information content (AvgIpc) is 2.82. The number of hydrogen-bond donors (Lipinski definition) is 2. The molecule has 1 aliphatic heterocycles. The van der Waals surface area contributed by atoms with Gasteiger partial charge in [-0.05, 0) is 36.8 Å². The number of nitrogens with zero attached hydrogens (tertiary/aromatic N) is 1. The smallest absolute Gasteiger partial charge is 0.269 e. The fourth-order valence-corrected chi connectivity index (χ4v) is 4.68. The van der Waals surface area contributed by atoms with E-state index in [1.54, 1.807) is 24.3 Å². The van der Waals surface area contributed by atoms with Crippen LogP contribution in [0.25, 0.3) is 0 Å². The van der Waals surface area contributed by atoms with Crippen LogP contribution in [0.3, 0.4) is 0 Å². The van der Waals surface area contributed by atoms with Crippen LogP contribution in [0, 0.1) is 6.92 Å². The number of amides is 2. The SMILES string of the molecule is Cc1cccc(N[C@@H](NC(=O)CN2C(=O)c3ccccc3S2(=O)=O)C(Cl)(Cl)Cl)c1. The standard InChI is InChI=1S/C18H16Cl3N3O4S/c1-11-5-4-6-12(9-11)22-17(18(19,20)21)23-15(25)10-24-16(26)13-7-2-3-8-14(13)29(24,27)28/h2-9,17,22H,10H2,1H3,(H,23,25)/t17-/m0/s1.